The van der Waals surface area contributed by atoms with Crippen molar-refractivity contribution in [3.05, 3.63) is 95.6 Å². The number of rotatable bonds is 9. The molecule has 6 heteroatoms. The van der Waals surface area contributed by atoms with Gasteiger partial charge in [-0.15, -0.1) is 0 Å². The zero-order valence-electron chi connectivity index (χ0n) is 19.8. The summed E-state index contributed by atoms with van der Waals surface area (Å²) in [6, 6.07) is 25.8. The Balaban J connectivity index is 1.59. The highest BCUT2D eigenvalue weighted by Crippen LogP contribution is 2.32. The van der Waals surface area contributed by atoms with Gasteiger partial charge in [0.2, 0.25) is 5.91 Å². The van der Waals surface area contributed by atoms with Crippen LogP contribution in [0.2, 0.25) is 0 Å². The summed E-state index contributed by atoms with van der Waals surface area (Å²) >= 11 is 0. The molecule has 1 saturated heterocycles. The molecule has 0 spiro atoms. The third-order valence-electron chi connectivity index (χ3n) is 6.28. The largest absolute Gasteiger partial charge is 0.493 e. The van der Waals surface area contributed by atoms with Gasteiger partial charge in [-0.25, -0.2) is 0 Å². The number of ether oxygens (including phenoxy) is 3. The number of carbonyl (C=O) groups is 1. The number of hydrogen-bond acceptors (Lipinski definition) is 5. The van der Waals surface area contributed by atoms with Crippen molar-refractivity contribution in [1.29, 1.82) is 0 Å². The van der Waals surface area contributed by atoms with Gasteiger partial charge in [-0.1, -0.05) is 66.7 Å². The molecular weight excluding hydrogens is 428 g/mol. The van der Waals surface area contributed by atoms with E-state index in [4.69, 9.17) is 14.2 Å². The SMILES string of the molecule is COc1ccc([C@H](CNC(=O)C(c2ccccc2)c2ccccc2)N2CCOCC2)cc1OC. The van der Waals surface area contributed by atoms with Gasteiger partial charge in [-0.3, -0.25) is 9.69 Å². The van der Waals surface area contributed by atoms with Crippen LogP contribution in [0.15, 0.2) is 78.9 Å². The van der Waals surface area contributed by atoms with E-state index in [1.165, 1.54) is 0 Å². The van der Waals surface area contributed by atoms with Gasteiger partial charge in [0.05, 0.1) is 39.4 Å². The molecule has 6 nitrogen and oxygen atoms in total. The van der Waals surface area contributed by atoms with E-state index >= 15 is 0 Å². The highest BCUT2D eigenvalue weighted by molar-refractivity contribution is 5.87. The van der Waals surface area contributed by atoms with Crippen LogP contribution in [-0.4, -0.2) is 57.9 Å². The van der Waals surface area contributed by atoms with Gasteiger partial charge in [-0.2, -0.15) is 0 Å². The van der Waals surface area contributed by atoms with E-state index in [0.717, 1.165) is 29.8 Å². The summed E-state index contributed by atoms with van der Waals surface area (Å²) in [6.07, 6.45) is 0. The number of morpholine rings is 1. The maximum Gasteiger partial charge on any atom is 0.232 e. The van der Waals surface area contributed by atoms with Crippen LogP contribution in [0.1, 0.15) is 28.7 Å². The van der Waals surface area contributed by atoms with Gasteiger partial charge in [0.1, 0.15) is 0 Å². The predicted octanol–water partition coefficient (Wildman–Crippen LogP) is 4.03. The lowest BCUT2D eigenvalue weighted by Gasteiger charge is -2.35. The van der Waals surface area contributed by atoms with E-state index in [9.17, 15) is 4.79 Å². The van der Waals surface area contributed by atoms with Crippen LogP contribution in [0.4, 0.5) is 0 Å². The third kappa shape index (κ3) is 5.58. The number of methoxy groups -OCH3 is 2. The molecule has 1 atom stereocenters. The fourth-order valence-corrected chi connectivity index (χ4v) is 4.49. The molecule has 1 amide bonds. The Morgan fingerprint density at radius 2 is 1.44 bits per heavy atom. The van der Waals surface area contributed by atoms with Crippen LogP contribution in [-0.2, 0) is 9.53 Å². The van der Waals surface area contributed by atoms with Crippen LogP contribution in [0.5, 0.6) is 11.5 Å². The van der Waals surface area contributed by atoms with E-state index in [1.807, 2.05) is 78.9 Å². The molecule has 3 aromatic carbocycles. The minimum Gasteiger partial charge on any atom is -0.493 e. The van der Waals surface area contributed by atoms with Crippen LogP contribution in [0.3, 0.4) is 0 Å². The first-order valence-electron chi connectivity index (χ1n) is 11.6. The fourth-order valence-electron chi connectivity index (χ4n) is 4.49. The minimum absolute atomic E-state index is 0.0140. The van der Waals surface area contributed by atoms with Crippen LogP contribution in [0, 0.1) is 0 Å². The predicted molar refractivity (Wildman–Crippen MR) is 132 cm³/mol. The zero-order valence-corrected chi connectivity index (χ0v) is 19.8. The molecule has 1 aliphatic heterocycles. The van der Waals surface area contributed by atoms with E-state index in [2.05, 4.69) is 10.2 Å². The molecule has 1 aliphatic rings. The average molecular weight is 461 g/mol. The summed E-state index contributed by atoms with van der Waals surface area (Å²) in [4.78, 5) is 15.9. The number of nitrogens with zero attached hydrogens (tertiary/aromatic N) is 1. The second-order valence-corrected chi connectivity index (χ2v) is 8.28. The van der Waals surface area contributed by atoms with Crippen LogP contribution in [0.25, 0.3) is 0 Å². The highest BCUT2D eigenvalue weighted by Gasteiger charge is 2.27. The van der Waals surface area contributed by atoms with E-state index in [1.54, 1.807) is 14.2 Å². The maximum atomic E-state index is 13.6. The van der Waals surface area contributed by atoms with Crippen molar-refractivity contribution in [2.45, 2.75) is 12.0 Å². The molecule has 1 N–H and O–H groups in total. The number of amides is 1. The Hall–Kier alpha value is -3.35. The average Bonchev–Trinajstić information content (AvgIpc) is 2.90. The van der Waals surface area contributed by atoms with Crippen LogP contribution < -0.4 is 14.8 Å². The van der Waals surface area contributed by atoms with E-state index < -0.39 is 0 Å². The smallest absolute Gasteiger partial charge is 0.232 e. The van der Waals surface area contributed by atoms with Crippen LogP contribution >= 0.6 is 0 Å². The first kappa shape index (κ1) is 23.8. The quantitative estimate of drug-likeness (QED) is 0.523. The molecule has 1 heterocycles. The summed E-state index contributed by atoms with van der Waals surface area (Å²) in [7, 11) is 3.27. The lowest BCUT2D eigenvalue weighted by atomic mass is 9.90. The molecule has 178 valence electrons. The monoisotopic (exact) mass is 460 g/mol. The molecule has 0 bridgehead atoms. The lowest BCUT2D eigenvalue weighted by molar-refractivity contribution is -0.122. The number of benzene rings is 3. The van der Waals surface area contributed by atoms with Crippen molar-refractivity contribution < 1.29 is 19.0 Å². The Bertz CT molecular complexity index is 1010. The summed E-state index contributed by atoms with van der Waals surface area (Å²) in [5.74, 6) is 0.967. The summed E-state index contributed by atoms with van der Waals surface area (Å²) in [5.41, 5.74) is 3.01. The molecular formula is C28H32N2O4. The fraction of sp³-hybridized carbons (Fsp3) is 0.321. The van der Waals surface area contributed by atoms with Crippen molar-refractivity contribution >= 4 is 5.91 Å². The first-order chi connectivity index (χ1) is 16.7. The molecule has 0 saturated carbocycles. The molecule has 1 fully saturated rings. The summed E-state index contributed by atoms with van der Waals surface area (Å²) in [5, 5.41) is 3.25. The van der Waals surface area contributed by atoms with E-state index in [-0.39, 0.29) is 17.9 Å². The topological polar surface area (TPSA) is 60.0 Å². The summed E-state index contributed by atoms with van der Waals surface area (Å²) < 4.78 is 16.5. The van der Waals surface area contributed by atoms with Gasteiger partial charge >= 0.3 is 0 Å². The highest BCUT2D eigenvalue weighted by atomic mass is 16.5. The molecule has 0 aliphatic carbocycles. The first-order valence-corrected chi connectivity index (χ1v) is 11.6. The zero-order chi connectivity index (χ0) is 23.8. The third-order valence-corrected chi connectivity index (χ3v) is 6.28. The molecule has 4 rings (SSSR count). The normalized spacial score (nSPS) is 15.0. The number of carbonyl (C=O) groups excluding carboxylic acids is 1. The molecule has 0 unspecified atom stereocenters. The standard InChI is InChI=1S/C28H32N2O4/c1-32-25-14-13-23(19-26(25)33-2)24(30-15-17-34-18-16-30)20-29-28(31)27(21-9-5-3-6-10-21)22-11-7-4-8-12-22/h3-14,19,24,27H,15-18,20H2,1-2H3,(H,29,31)/t24-/m0/s1. The maximum absolute atomic E-state index is 13.6. The number of nitrogens with one attached hydrogen (secondary N) is 1. The van der Waals surface area contributed by atoms with Gasteiger partial charge < -0.3 is 19.5 Å². The van der Waals surface area contributed by atoms with Crippen molar-refractivity contribution in [3.63, 3.8) is 0 Å². The van der Waals surface area contributed by atoms with Crippen molar-refractivity contribution in [1.82, 2.24) is 10.2 Å². The second kappa shape index (κ2) is 11.7. The van der Waals surface area contributed by atoms with Crippen molar-refractivity contribution in [3.8, 4) is 11.5 Å². The second-order valence-electron chi connectivity index (χ2n) is 8.28. The van der Waals surface area contributed by atoms with Crippen molar-refractivity contribution in [2.75, 3.05) is 47.1 Å². The van der Waals surface area contributed by atoms with Gasteiger partial charge in [0, 0.05) is 19.6 Å². The molecule has 0 aromatic heterocycles. The van der Waals surface area contributed by atoms with Gasteiger partial charge in [0.15, 0.2) is 11.5 Å². The lowest BCUT2D eigenvalue weighted by Crippen LogP contribution is -2.44. The Morgan fingerprint density at radius 3 is 2.00 bits per heavy atom. The van der Waals surface area contributed by atoms with Crippen molar-refractivity contribution in [2.24, 2.45) is 0 Å². The summed E-state index contributed by atoms with van der Waals surface area (Å²) in [6.45, 7) is 3.43. The van der Waals surface area contributed by atoms with Gasteiger partial charge in [-0.05, 0) is 28.8 Å². The molecule has 3 aromatic rings. The molecule has 0 radical (unpaired) electrons. The minimum atomic E-state index is -0.377. The Morgan fingerprint density at radius 1 is 0.853 bits per heavy atom. The Kier molecular flexibility index (Phi) is 8.17. The molecule has 34 heavy (non-hydrogen) atoms. The Labute approximate surface area is 201 Å². The van der Waals surface area contributed by atoms with Gasteiger partial charge in [0.25, 0.3) is 0 Å². The van der Waals surface area contributed by atoms with E-state index in [0.29, 0.717) is 31.3 Å². The number of hydrogen-bond donors (Lipinski definition) is 1.